The Bertz CT molecular complexity index is 338. The summed E-state index contributed by atoms with van der Waals surface area (Å²) in [5, 5.41) is 19.5. The number of quaternary nitrogens is 1. The van der Waals surface area contributed by atoms with E-state index in [1.54, 1.807) is 18.2 Å². The topological polar surface area (TPSA) is 64.8 Å². The van der Waals surface area contributed by atoms with Gasteiger partial charge in [0.2, 0.25) is 0 Å². The smallest absolute Gasteiger partial charge is 0.103 e. The number of aliphatic hydroxyl groups excluding tert-OH is 1. The van der Waals surface area contributed by atoms with Gasteiger partial charge in [0.15, 0.2) is 0 Å². The molecule has 0 radical (unpaired) electrons. The highest BCUT2D eigenvalue weighted by Crippen LogP contribution is 2.05. The molecule has 0 fully saturated rings. The molecule has 1 aromatic rings. The van der Waals surface area contributed by atoms with Gasteiger partial charge in [0, 0.05) is 11.1 Å². The van der Waals surface area contributed by atoms with Gasteiger partial charge >= 0.3 is 0 Å². The van der Waals surface area contributed by atoms with Gasteiger partial charge in [0.25, 0.3) is 0 Å². The number of nitrogens with one attached hydrogen (secondary N) is 1. The second kappa shape index (κ2) is 5.48. The quantitative estimate of drug-likeness (QED) is 0.593. The Labute approximate surface area is 88.8 Å². The van der Waals surface area contributed by atoms with E-state index in [2.05, 4.69) is 0 Å². The van der Waals surface area contributed by atoms with Crippen molar-refractivity contribution in [2.24, 2.45) is 0 Å². The van der Waals surface area contributed by atoms with Crippen molar-refractivity contribution >= 4 is 5.97 Å². The highest BCUT2D eigenvalue weighted by atomic mass is 16.4. The van der Waals surface area contributed by atoms with Gasteiger partial charge in [-0.1, -0.05) is 24.3 Å². The van der Waals surface area contributed by atoms with E-state index in [0.29, 0.717) is 13.1 Å². The SMILES string of the molecule is C[NH+](CCO)Cc1ccccc1C(=O)[O-]. The first-order valence-corrected chi connectivity index (χ1v) is 4.86. The lowest BCUT2D eigenvalue weighted by atomic mass is 10.1. The molecule has 15 heavy (non-hydrogen) atoms. The lowest BCUT2D eigenvalue weighted by Gasteiger charge is -2.15. The fourth-order valence-corrected chi connectivity index (χ4v) is 1.48. The van der Waals surface area contributed by atoms with Gasteiger partial charge in [-0.2, -0.15) is 0 Å². The number of carboxylic acids is 1. The van der Waals surface area contributed by atoms with Crippen molar-refractivity contribution < 1.29 is 19.9 Å². The van der Waals surface area contributed by atoms with E-state index < -0.39 is 5.97 Å². The first-order chi connectivity index (χ1) is 7.15. The summed E-state index contributed by atoms with van der Waals surface area (Å²) in [4.78, 5) is 11.9. The van der Waals surface area contributed by atoms with E-state index in [0.717, 1.165) is 10.5 Å². The maximum Gasteiger partial charge on any atom is 0.103 e. The molecule has 2 N–H and O–H groups in total. The Balaban J connectivity index is 2.79. The third-order valence-corrected chi connectivity index (χ3v) is 2.27. The normalized spacial score (nSPS) is 12.4. The first-order valence-electron chi connectivity index (χ1n) is 4.86. The van der Waals surface area contributed by atoms with E-state index >= 15 is 0 Å². The summed E-state index contributed by atoms with van der Waals surface area (Å²) < 4.78 is 0. The maximum atomic E-state index is 10.8. The molecule has 0 heterocycles. The van der Waals surface area contributed by atoms with Crippen molar-refractivity contribution in [3.05, 3.63) is 35.4 Å². The predicted molar refractivity (Wildman–Crippen MR) is 53.3 cm³/mol. The number of benzene rings is 1. The van der Waals surface area contributed by atoms with E-state index in [9.17, 15) is 9.90 Å². The molecule has 0 aliphatic carbocycles. The fraction of sp³-hybridized carbons (Fsp3) is 0.364. The van der Waals surface area contributed by atoms with Crippen LogP contribution in [-0.4, -0.2) is 31.3 Å². The molecule has 0 aliphatic heterocycles. The van der Waals surface area contributed by atoms with Gasteiger partial charge < -0.3 is 19.9 Å². The lowest BCUT2D eigenvalue weighted by Crippen LogP contribution is -3.08. The van der Waals surface area contributed by atoms with Crippen LogP contribution in [0.3, 0.4) is 0 Å². The van der Waals surface area contributed by atoms with E-state index in [-0.39, 0.29) is 12.2 Å². The third-order valence-electron chi connectivity index (χ3n) is 2.27. The van der Waals surface area contributed by atoms with Crippen LogP contribution in [0.15, 0.2) is 24.3 Å². The molecule has 0 spiro atoms. The zero-order valence-electron chi connectivity index (χ0n) is 8.69. The zero-order chi connectivity index (χ0) is 11.3. The standard InChI is InChI=1S/C11H15NO3/c1-12(6-7-13)8-9-4-2-3-5-10(9)11(14)15/h2-5,13H,6-8H2,1H3,(H,14,15). The predicted octanol–water partition coefficient (Wildman–Crippen LogP) is -1.94. The number of hydrogen-bond donors (Lipinski definition) is 2. The number of aromatic carboxylic acids is 1. The number of likely N-dealkylation sites (N-methyl/N-ethyl adjacent to an activating group) is 1. The van der Waals surface area contributed by atoms with E-state index in [1.165, 1.54) is 6.07 Å². The largest absolute Gasteiger partial charge is 0.545 e. The fourth-order valence-electron chi connectivity index (χ4n) is 1.48. The van der Waals surface area contributed by atoms with E-state index in [4.69, 9.17) is 5.11 Å². The highest BCUT2D eigenvalue weighted by molar-refractivity contribution is 5.87. The molecule has 0 saturated heterocycles. The van der Waals surface area contributed by atoms with Crippen molar-refractivity contribution in [2.45, 2.75) is 6.54 Å². The minimum Gasteiger partial charge on any atom is -0.545 e. The van der Waals surface area contributed by atoms with Crippen LogP contribution < -0.4 is 10.0 Å². The molecule has 1 atom stereocenters. The molecule has 1 aromatic carbocycles. The van der Waals surface area contributed by atoms with Gasteiger partial charge in [0.1, 0.15) is 13.1 Å². The second-order valence-electron chi connectivity index (χ2n) is 3.55. The van der Waals surface area contributed by atoms with Crippen LogP contribution in [0.2, 0.25) is 0 Å². The molecule has 0 aromatic heterocycles. The molecule has 82 valence electrons. The van der Waals surface area contributed by atoms with Crippen molar-refractivity contribution in [3.8, 4) is 0 Å². The molecular weight excluding hydrogens is 194 g/mol. The number of aliphatic hydroxyl groups is 1. The van der Waals surface area contributed by atoms with Gasteiger partial charge in [-0.25, -0.2) is 0 Å². The average Bonchev–Trinajstić information content (AvgIpc) is 2.18. The number of carbonyl (C=O) groups is 1. The van der Waals surface area contributed by atoms with Crippen molar-refractivity contribution in [2.75, 3.05) is 20.2 Å². The Morgan fingerprint density at radius 1 is 1.47 bits per heavy atom. The highest BCUT2D eigenvalue weighted by Gasteiger charge is 2.07. The van der Waals surface area contributed by atoms with E-state index in [1.807, 2.05) is 7.05 Å². The summed E-state index contributed by atoms with van der Waals surface area (Å²) >= 11 is 0. The Morgan fingerprint density at radius 3 is 2.73 bits per heavy atom. The molecule has 1 unspecified atom stereocenters. The maximum absolute atomic E-state index is 10.8. The van der Waals surface area contributed by atoms with Crippen LogP contribution in [0.4, 0.5) is 0 Å². The van der Waals surface area contributed by atoms with Crippen LogP contribution in [0, 0.1) is 0 Å². The van der Waals surface area contributed by atoms with Gasteiger partial charge in [-0.15, -0.1) is 0 Å². The monoisotopic (exact) mass is 209 g/mol. The van der Waals surface area contributed by atoms with Gasteiger partial charge in [-0.05, 0) is 0 Å². The number of carboxylic acid groups (broad SMARTS) is 1. The zero-order valence-corrected chi connectivity index (χ0v) is 8.69. The summed E-state index contributed by atoms with van der Waals surface area (Å²) in [6, 6.07) is 6.78. The van der Waals surface area contributed by atoms with Gasteiger partial charge in [-0.3, -0.25) is 0 Å². The summed E-state index contributed by atoms with van der Waals surface area (Å²) in [5.41, 5.74) is 0.971. The van der Waals surface area contributed by atoms with Crippen molar-refractivity contribution in [1.29, 1.82) is 0 Å². The third kappa shape index (κ3) is 3.34. The molecule has 4 nitrogen and oxygen atoms in total. The Hall–Kier alpha value is -1.39. The van der Waals surface area contributed by atoms with Crippen LogP contribution in [0.25, 0.3) is 0 Å². The van der Waals surface area contributed by atoms with Crippen LogP contribution in [0.5, 0.6) is 0 Å². The Kier molecular flexibility index (Phi) is 4.27. The average molecular weight is 209 g/mol. The molecule has 0 amide bonds. The summed E-state index contributed by atoms with van der Waals surface area (Å²) in [7, 11) is 1.91. The van der Waals surface area contributed by atoms with Crippen LogP contribution in [-0.2, 0) is 6.54 Å². The molecular formula is C11H15NO3. The van der Waals surface area contributed by atoms with Crippen LogP contribution >= 0.6 is 0 Å². The number of carbonyl (C=O) groups excluding carboxylic acids is 1. The summed E-state index contributed by atoms with van der Waals surface area (Å²) in [6.45, 7) is 1.27. The molecule has 0 bridgehead atoms. The number of rotatable bonds is 5. The van der Waals surface area contributed by atoms with Crippen LogP contribution in [0.1, 0.15) is 15.9 Å². The minimum atomic E-state index is -1.15. The van der Waals surface area contributed by atoms with Crippen molar-refractivity contribution in [1.82, 2.24) is 0 Å². The molecule has 0 aliphatic rings. The number of hydrogen-bond acceptors (Lipinski definition) is 3. The minimum absolute atomic E-state index is 0.0965. The summed E-state index contributed by atoms with van der Waals surface area (Å²) in [6.07, 6.45) is 0. The summed E-state index contributed by atoms with van der Waals surface area (Å²) in [5.74, 6) is -1.15. The molecule has 4 heteroatoms. The Morgan fingerprint density at radius 2 is 2.13 bits per heavy atom. The molecule has 1 rings (SSSR count). The lowest BCUT2D eigenvalue weighted by molar-refractivity contribution is -0.894. The first kappa shape index (κ1) is 11.7. The van der Waals surface area contributed by atoms with Crippen molar-refractivity contribution in [3.63, 3.8) is 0 Å². The van der Waals surface area contributed by atoms with Gasteiger partial charge in [0.05, 0.1) is 19.6 Å². The second-order valence-corrected chi connectivity index (χ2v) is 3.55. The molecule has 0 saturated carbocycles.